The first-order valence-electron chi connectivity index (χ1n) is 4.10. The van der Waals surface area contributed by atoms with Crippen LogP contribution in [0.3, 0.4) is 0 Å². The van der Waals surface area contributed by atoms with Gasteiger partial charge in [-0.05, 0) is 24.1 Å². The summed E-state index contributed by atoms with van der Waals surface area (Å²) in [5.74, 6) is 5.22. The molecule has 0 spiro atoms. The van der Waals surface area contributed by atoms with Gasteiger partial charge in [-0.3, -0.25) is 11.3 Å². The van der Waals surface area contributed by atoms with E-state index in [1.54, 1.807) is 0 Å². The predicted molar refractivity (Wildman–Crippen MR) is 50.9 cm³/mol. The molecule has 0 fully saturated rings. The number of hydrogen-bond acceptors (Lipinski definition) is 1. The normalized spacial score (nSPS) is 10.5. The van der Waals surface area contributed by atoms with E-state index in [2.05, 4.69) is 17.3 Å². The number of amidine groups is 1. The van der Waals surface area contributed by atoms with Gasteiger partial charge in [0.15, 0.2) is 0 Å². The fourth-order valence-electron chi connectivity index (χ4n) is 1.03. The second-order valence-corrected chi connectivity index (χ2v) is 2.65. The van der Waals surface area contributed by atoms with Crippen molar-refractivity contribution in [1.82, 2.24) is 0 Å². The Morgan fingerprint density at radius 1 is 1.38 bits per heavy atom. The SMILES string of the molecule is CCc1ccc(C(=[NH2+])N=NN)cc1. The largest absolute Gasteiger partial charge is 0.350 e. The molecule has 0 heterocycles. The fourth-order valence-corrected chi connectivity index (χ4v) is 1.03. The zero-order valence-corrected chi connectivity index (χ0v) is 7.57. The monoisotopic (exact) mass is 177 g/mol. The number of nitrogens with zero attached hydrogens (tertiary/aromatic N) is 2. The lowest BCUT2D eigenvalue weighted by Gasteiger charge is -1.95. The Balaban J connectivity index is 2.85. The van der Waals surface area contributed by atoms with Crippen molar-refractivity contribution < 1.29 is 5.41 Å². The molecular weight excluding hydrogens is 164 g/mol. The maximum Gasteiger partial charge on any atom is 0.350 e. The highest BCUT2D eigenvalue weighted by molar-refractivity contribution is 5.94. The van der Waals surface area contributed by atoms with Gasteiger partial charge in [-0.15, -0.1) is 0 Å². The summed E-state index contributed by atoms with van der Waals surface area (Å²) in [6.45, 7) is 2.10. The highest BCUT2D eigenvalue weighted by atomic mass is 15.3. The molecule has 4 heteroatoms. The molecule has 0 unspecified atom stereocenters. The number of rotatable bonds is 2. The molecule has 0 aliphatic carbocycles. The Morgan fingerprint density at radius 3 is 2.46 bits per heavy atom. The van der Waals surface area contributed by atoms with Crippen LogP contribution in [-0.2, 0) is 6.42 Å². The van der Waals surface area contributed by atoms with Crippen molar-refractivity contribution in [2.45, 2.75) is 13.3 Å². The molecule has 0 bridgehead atoms. The Hall–Kier alpha value is -1.71. The van der Waals surface area contributed by atoms with Crippen LogP contribution in [-0.4, -0.2) is 5.84 Å². The van der Waals surface area contributed by atoms with Gasteiger partial charge in [0, 0.05) is 5.22 Å². The molecule has 4 nitrogen and oxygen atoms in total. The summed E-state index contributed by atoms with van der Waals surface area (Å²) in [4.78, 5) is 0. The van der Waals surface area contributed by atoms with Crippen LogP contribution in [0.5, 0.6) is 0 Å². The molecular formula is C9H13N4+. The average molecular weight is 177 g/mol. The molecule has 0 saturated heterocycles. The molecule has 0 radical (unpaired) electrons. The van der Waals surface area contributed by atoms with E-state index < -0.39 is 0 Å². The van der Waals surface area contributed by atoms with E-state index in [-0.39, 0.29) is 0 Å². The van der Waals surface area contributed by atoms with Crippen LogP contribution in [0.1, 0.15) is 18.1 Å². The Morgan fingerprint density at radius 2 is 2.00 bits per heavy atom. The van der Waals surface area contributed by atoms with Gasteiger partial charge in [-0.1, -0.05) is 19.1 Å². The zero-order valence-electron chi connectivity index (χ0n) is 7.57. The lowest BCUT2D eigenvalue weighted by atomic mass is 10.1. The van der Waals surface area contributed by atoms with E-state index in [1.165, 1.54) is 5.56 Å². The van der Waals surface area contributed by atoms with Crippen LogP contribution in [0.2, 0.25) is 0 Å². The van der Waals surface area contributed by atoms with Crippen molar-refractivity contribution in [3.05, 3.63) is 35.4 Å². The van der Waals surface area contributed by atoms with Crippen molar-refractivity contribution in [1.29, 1.82) is 0 Å². The highest BCUT2D eigenvalue weighted by Crippen LogP contribution is 2.04. The second-order valence-electron chi connectivity index (χ2n) is 2.65. The Labute approximate surface area is 77.0 Å². The average Bonchev–Trinajstić information content (AvgIpc) is 2.18. The van der Waals surface area contributed by atoms with Crippen LogP contribution in [0, 0.1) is 0 Å². The van der Waals surface area contributed by atoms with Gasteiger partial charge in [-0.25, -0.2) is 0 Å². The van der Waals surface area contributed by atoms with Crippen LogP contribution < -0.4 is 11.3 Å². The van der Waals surface area contributed by atoms with Crippen molar-refractivity contribution in [2.75, 3.05) is 0 Å². The Kier molecular flexibility index (Phi) is 3.14. The van der Waals surface area contributed by atoms with Gasteiger partial charge in [0.25, 0.3) is 0 Å². The first kappa shape index (κ1) is 9.38. The van der Waals surface area contributed by atoms with Crippen LogP contribution in [0.25, 0.3) is 0 Å². The number of benzene rings is 1. The molecule has 1 rings (SSSR count). The van der Waals surface area contributed by atoms with Crippen LogP contribution in [0.4, 0.5) is 0 Å². The van der Waals surface area contributed by atoms with Gasteiger partial charge in [0.05, 0.1) is 10.7 Å². The molecule has 0 atom stereocenters. The van der Waals surface area contributed by atoms with E-state index >= 15 is 0 Å². The highest BCUT2D eigenvalue weighted by Gasteiger charge is 2.06. The van der Waals surface area contributed by atoms with Gasteiger partial charge in [0.2, 0.25) is 0 Å². The molecule has 1 aromatic rings. The van der Waals surface area contributed by atoms with E-state index in [1.807, 2.05) is 24.3 Å². The van der Waals surface area contributed by atoms with E-state index in [9.17, 15) is 0 Å². The van der Waals surface area contributed by atoms with Crippen LogP contribution in [0.15, 0.2) is 34.6 Å². The molecule has 68 valence electrons. The minimum Gasteiger partial charge on any atom is -0.284 e. The van der Waals surface area contributed by atoms with Gasteiger partial charge < -0.3 is 0 Å². The molecule has 0 aliphatic heterocycles. The predicted octanol–water partition coefficient (Wildman–Crippen LogP) is 0.0806. The lowest BCUT2D eigenvalue weighted by Crippen LogP contribution is -2.38. The summed E-state index contributed by atoms with van der Waals surface area (Å²) < 4.78 is 0. The summed E-state index contributed by atoms with van der Waals surface area (Å²) in [5, 5.41) is 12.2. The number of nitrogens with two attached hydrogens (primary N) is 2. The minimum absolute atomic E-state index is 0.338. The zero-order chi connectivity index (χ0) is 9.68. The van der Waals surface area contributed by atoms with Crippen molar-refractivity contribution in [3.8, 4) is 0 Å². The molecule has 4 N–H and O–H groups in total. The summed E-state index contributed by atoms with van der Waals surface area (Å²) in [6, 6.07) is 7.83. The summed E-state index contributed by atoms with van der Waals surface area (Å²) >= 11 is 0. The van der Waals surface area contributed by atoms with Crippen LogP contribution >= 0.6 is 0 Å². The van der Waals surface area contributed by atoms with Gasteiger partial charge >= 0.3 is 5.84 Å². The first-order valence-corrected chi connectivity index (χ1v) is 4.10. The smallest absolute Gasteiger partial charge is 0.284 e. The maximum absolute atomic E-state index is 5.57. The molecule has 0 saturated carbocycles. The summed E-state index contributed by atoms with van der Waals surface area (Å²) in [5.41, 5.74) is 2.10. The maximum atomic E-state index is 5.57. The number of hydrogen-bond donors (Lipinski definition) is 2. The van der Waals surface area contributed by atoms with Crippen molar-refractivity contribution in [3.63, 3.8) is 0 Å². The molecule has 0 aromatic heterocycles. The molecule has 0 amide bonds. The van der Waals surface area contributed by atoms with Crippen molar-refractivity contribution >= 4 is 5.84 Å². The van der Waals surface area contributed by atoms with Gasteiger partial charge in [-0.2, -0.15) is 0 Å². The first-order chi connectivity index (χ1) is 6.27. The molecule has 0 aliphatic rings. The second kappa shape index (κ2) is 4.35. The lowest BCUT2D eigenvalue weighted by molar-refractivity contribution is -0.114. The minimum atomic E-state index is 0.338. The fraction of sp³-hybridized carbons (Fsp3) is 0.222. The topological polar surface area (TPSA) is 76.3 Å². The molecule has 1 aromatic carbocycles. The standard InChI is InChI=1S/C9H12N4/c1-2-7-3-5-8(6-4-7)9(10)12-13-11/h3-6H,2H2,1H3,(H3,10,11,12)/p+1. The van der Waals surface area contributed by atoms with E-state index in [0.717, 1.165) is 12.0 Å². The number of aryl methyl sites for hydroxylation is 1. The third kappa shape index (κ3) is 2.37. The summed E-state index contributed by atoms with van der Waals surface area (Å²) in [7, 11) is 0. The van der Waals surface area contributed by atoms with Crippen molar-refractivity contribution in [2.24, 2.45) is 16.2 Å². The van der Waals surface area contributed by atoms with E-state index in [0.29, 0.717) is 5.84 Å². The van der Waals surface area contributed by atoms with E-state index in [4.69, 9.17) is 11.3 Å². The third-order valence-electron chi connectivity index (χ3n) is 1.82. The quantitative estimate of drug-likeness (QED) is 0.217. The summed E-state index contributed by atoms with van der Waals surface area (Å²) in [6.07, 6.45) is 1.01. The molecule has 13 heavy (non-hydrogen) atoms. The third-order valence-corrected chi connectivity index (χ3v) is 1.82. The van der Waals surface area contributed by atoms with Gasteiger partial charge in [0.1, 0.15) is 0 Å². The Bertz CT molecular complexity index is 313.